The Morgan fingerprint density at radius 1 is 1.12 bits per heavy atom. The van der Waals surface area contributed by atoms with Crippen LogP contribution in [0.2, 0.25) is 0 Å². The lowest BCUT2D eigenvalue weighted by atomic mass is 10.2. The zero-order chi connectivity index (χ0) is 11.9. The molecular weight excluding hydrogens is 208 g/mol. The lowest BCUT2D eigenvalue weighted by molar-refractivity contribution is 0.685. The van der Waals surface area contributed by atoms with Gasteiger partial charge in [0, 0.05) is 11.9 Å². The van der Waals surface area contributed by atoms with E-state index in [0.29, 0.717) is 0 Å². The number of hydrogen-bond donors (Lipinski definition) is 1. The predicted molar refractivity (Wildman–Crippen MR) is 74.4 cm³/mol. The summed E-state index contributed by atoms with van der Waals surface area (Å²) in [5, 5.41) is 4.63. The maximum absolute atomic E-state index is 4.43. The average Bonchev–Trinajstić information content (AvgIpc) is 2.38. The van der Waals surface area contributed by atoms with Crippen LogP contribution in [-0.4, -0.2) is 11.5 Å². The van der Waals surface area contributed by atoms with Gasteiger partial charge in [0.2, 0.25) is 0 Å². The molecular formula is C15H20N2. The Labute approximate surface area is 103 Å². The third-order valence-electron chi connectivity index (χ3n) is 2.95. The molecule has 0 spiro atoms. The van der Waals surface area contributed by atoms with Gasteiger partial charge in [-0.2, -0.15) is 0 Å². The zero-order valence-corrected chi connectivity index (χ0v) is 10.4. The molecule has 2 aromatic rings. The van der Waals surface area contributed by atoms with Gasteiger partial charge in [0.15, 0.2) is 0 Å². The molecule has 0 aliphatic rings. The van der Waals surface area contributed by atoms with Crippen LogP contribution in [-0.2, 0) is 0 Å². The second-order valence-electron chi connectivity index (χ2n) is 4.40. The second-order valence-corrected chi connectivity index (χ2v) is 4.40. The summed E-state index contributed by atoms with van der Waals surface area (Å²) >= 11 is 0. The number of fused-ring (bicyclic) bond motifs is 1. The number of nitrogens with zero attached hydrogens (tertiary/aromatic N) is 1. The summed E-state index contributed by atoms with van der Waals surface area (Å²) in [5.74, 6) is 0. The second kappa shape index (κ2) is 6.24. The smallest absolute Gasteiger partial charge is 0.0703 e. The molecule has 1 N–H and O–H groups in total. The van der Waals surface area contributed by atoms with Crippen molar-refractivity contribution in [3.8, 4) is 0 Å². The summed E-state index contributed by atoms with van der Waals surface area (Å²) in [6.45, 7) is 3.28. The van der Waals surface area contributed by atoms with Gasteiger partial charge in [-0.15, -0.1) is 0 Å². The molecule has 0 aliphatic heterocycles. The predicted octanol–water partition coefficient (Wildman–Crippen LogP) is 4.23. The van der Waals surface area contributed by atoms with Gasteiger partial charge >= 0.3 is 0 Å². The quantitative estimate of drug-likeness (QED) is 0.748. The highest BCUT2D eigenvalue weighted by atomic mass is 14.9. The molecule has 0 aliphatic carbocycles. The van der Waals surface area contributed by atoms with Crippen LogP contribution < -0.4 is 5.32 Å². The SMILES string of the molecule is CCCCCCNc1cnc2ccccc2c1. The van der Waals surface area contributed by atoms with Crippen LogP contribution >= 0.6 is 0 Å². The van der Waals surface area contributed by atoms with Crippen molar-refractivity contribution in [3.05, 3.63) is 36.5 Å². The van der Waals surface area contributed by atoms with Crippen molar-refractivity contribution in [1.82, 2.24) is 4.98 Å². The monoisotopic (exact) mass is 228 g/mol. The van der Waals surface area contributed by atoms with Gasteiger partial charge in [0.1, 0.15) is 0 Å². The molecule has 0 saturated heterocycles. The third kappa shape index (κ3) is 3.45. The molecule has 1 aromatic heterocycles. The Kier molecular flexibility index (Phi) is 4.37. The number of hydrogen-bond acceptors (Lipinski definition) is 2. The Balaban J connectivity index is 1.90. The molecule has 90 valence electrons. The van der Waals surface area contributed by atoms with Crippen molar-refractivity contribution in [1.29, 1.82) is 0 Å². The van der Waals surface area contributed by atoms with E-state index < -0.39 is 0 Å². The number of anilines is 1. The molecule has 2 heteroatoms. The Morgan fingerprint density at radius 2 is 2.00 bits per heavy atom. The molecule has 2 rings (SSSR count). The van der Waals surface area contributed by atoms with E-state index in [1.807, 2.05) is 18.3 Å². The lowest BCUT2D eigenvalue weighted by Crippen LogP contribution is -2.01. The fourth-order valence-electron chi connectivity index (χ4n) is 1.95. The van der Waals surface area contributed by atoms with E-state index in [-0.39, 0.29) is 0 Å². The molecule has 1 heterocycles. The summed E-state index contributed by atoms with van der Waals surface area (Å²) in [4.78, 5) is 4.43. The molecule has 0 atom stereocenters. The summed E-state index contributed by atoms with van der Waals surface area (Å²) in [6, 6.07) is 10.4. The number of benzene rings is 1. The number of nitrogens with one attached hydrogen (secondary N) is 1. The lowest BCUT2D eigenvalue weighted by Gasteiger charge is -2.06. The standard InChI is InChI=1S/C15H20N2/c1-2-3-4-7-10-16-14-11-13-8-5-6-9-15(13)17-12-14/h5-6,8-9,11-12,16H,2-4,7,10H2,1H3. The van der Waals surface area contributed by atoms with E-state index >= 15 is 0 Å². The highest BCUT2D eigenvalue weighted by molar-refractivity contribution is 5.81. The summed E-state index contributed by atoms with van der Waals surface area (Å²) in [5.41, 5.74) is 2.18. The molecule has 2 nitrogen and oxygen atoms in total. The number of unbranched alkanes of at least 4 members (excludes halogenated alkanes) is 3. The first kappa shape index (κ1) is 11.9. The van der Waals surface area contributed by atoms with Crippen LogP contribution in [0.25, 0.3) is 10.9 Å². The minimum atomic E-state index is 1.04. The number of para-hydroxylation sites is 1. The molecule has 0 saturated carbocycles. The van der Waals surface area contributed by atoms with Crippen molar-refractivity contribution in [2.75, 3.05) is 11.9 Å². The first-order valence-corrected chi connectivity index (χ1v) is 6.49. The normalized spacial score (nSPS) is 10.6. The van der Waals surface area contributed by atoms with E-state index in [0.717, 1.165) is 17.7 Å². The van der Waals surface area contributed by atoms with E-state index in [4.69, 9.17) is 0 Å². The number of aromatic nitrogens is 1. The average molecular weight is 228 g/mol. The van der Waals surface area contributed by atoms with Gasteiger partial charge in [-0.3, -0.25) is 4.98 Å². The van der Waals surface area contributed by atoms with Crippen molar-refractivity contribution in [3.63, 3.8) is 0 Å². The van der Waals surface area contributed by atoms with Crippen molar-refractivity contribution in [2.45, 2.75) is 32.6 Å². The van der Waals surface area contributed by atoms with Gasteiger partial charge in [0.05, 0.1) is 17.4 Å². The molecule has 0 unspecified atom stereocenters. The first-order chi connectivity index (χ1) is 8.40. The fraction of sp³-hybridized carbons (Fsp3) is 0.400. The summed E-state index contributed by atoms with van der Waals surface area (Å²) < 4.78 is 0. The number of pyridine rings is 1. The highest BCUT2D eigenvalue weighted by Gasteiger charge is 1.96. The fourth-order valence-corrected chi connectivity index (χ4v) is 1.95. The van der Waals surface area contributed by atoms with E-state index in [1.165, 1.54) is 31.1 Å². The van der Waals surface area contributed by atoms with E-state index in [1.54, 1.807) is 0 Å². The van der Waals surface area contributed by atoms with Gasteiger partial charge in [-0.25, -0.2) is 0 Å². The van der Waals surface area contributed by atoms with Crippen LogP contribution in [0.1, 0.15) is 32.6 Å². The van der Waals surface area contributed by atoms with Gasteiger partial charge < -0.3 is 5.32 Å². The van der Waals surface area contributed by atoms with Crippen LogP contribution in [0.3, 0.4) is 0 Å². The van der Waals surface area contributed by atoms with Crippen LogP contribution in [0.5, 0.6) is 0 Å². The Hall–Kier alpha value is -1.57. The molecule has 0 fully saturated rings. The maximum atomic E-state index is 4.43. The molecule has 0 amide bonds. The Morgan fingerprint density at radius 3 is 2.88 bits per heavy atom. The van der Waals surface area contributed by atoms with Gasteiger partial charge in [-0.1, -0.05) is 44.4 Å². The molecule has 17 heavy (non-hydrogen) atoms. The largest absolute Gasteiger partial charge is 0.384 e. The summed E-state index contributed by atoms with van der Waals surface area (Å²) in [7, 11) is 0. The Bertz CT molecular complexity index is 465. The minimum absolute atomic E-state index is 1.04. The first-order valence-electron chi connectivity index (χ1n) is 6.49. The van der Waals surface area contributed by atoms with Crippen molar-refractivity contribution in [2.24, 2.45) is 0 Å². The zero-order valence-electron chi connectivity index (χ0n) is 10.4. The molecule has 0 bridgehead atoms. The van der Waals surface area contributed by atoms with Gasteiger partial charge in [-0.05, 0) is 18.6 Å². The summed E-state index contributed by atoms with van der Waals surface area (Å²) in [6.07, 6.45) is 7.09. The van der Waals surface area contributed by atoms with E-state index in [9.17, 15) is 0 Å². The van der Waals surface area contributed by atoms with Crippen LogP contribution in [0, 0.1) is 0 Å². The molecule has 0 radical (unpaired) electrons. The van der Waals surface area contributed by atoms with Gasteiger partial charge in [0.25, 0.3) is 0 Å². The van der Waals surface area contributed by atoms with Crippen LogP contribution in [0.4, 0.5) is 5.69 Å². The van der Waals surface area contributed by atoms with E-state index in [2.05, 4.69) is 35.4 Å². The van der Waals surface area contributed by atoms with Crippen LogP contribution in [0.15, 0.2) is 36.5 Å². The third-order valence-corrected chi connectivity index (χ3v) is 2.95. The highest BCUT2D eigenvalue weighted by Crippen LogP contribution is 2.16. The molecule has 1 aromatic carbocycles. The van der Waals surface area contributed by atoms with Crippen molar-refractivity contribution < 1.29 is 0 Å². The van der Waals surface area contributed by atoms with Crippen molar-refractivity contribution >= 4 is 16.6 Å². The topological polar surface area (TPSA) is 24.9 Å². The number of rotatable bonds is 6. The maximum Gasteiger partial charge on any atom is 0.0703 e. The minimum Gasteiger partial charge on any atom is -0.384 e.